The molecule has 11 heteroatoms. The Bertz CT molecular complexity index is 683. The quantitative estimate of drug-likeness (QED) is 0.500. The predicted molar refractivity (Wildman–Crippen MR) is 86.7 cm³/mol. The van der Waals surface area contributed by atoms with Gasteiger partial charge in [-0.3, -0.25) is 19.2 Å². The average molecular weight is 396 g/mol. The Balaban J connectivity index is 1.78. The molecule has 2 radical (unpaired) electrons. The Labute approximate surface area is 160 Å². The molecule has 2 unspecified atom stereocenters. The molecule has 152 valence electrons. The number of hydrogen-bond donors (Lipinski definition) is 0. The molecular weight excluding hydrogens is 376 g/mol. The summed E-state index contributed by atoms with van der Waals surface area (Å²) in [5.74, 6) is -5.27. The minimum atomic E-state index is -1.70. The summed E-state index contributed by atoms with van der Waals surface area (Å²) in [7, 11) is 0. The fraction of sp³-hybridized carbons (Fsp3) is 0.588. The molecule has 2 heterocycles. The zero-order valence-corrected chi connectivity index (χ0v) is 15.5. The van der Waals surface area contributed by atoms with Gasteiger partial charge in [0.15, 0.2) is 0 Å². The third-order valence-electron chi connectivity index (χ3n) is 4.01. The van der Waals surface area contributed by atoms with E-state index in [0.717, 1.165) is 0 Å². The summed E-state index contributed by atoms with van der Waals surface area (Å²) in [5.41, 5.74) is -1.70. The number of nitrogens with zero attached hydrogens (tertiary/aromatic N) is 2. The molecule has 28 heavy (non-hydrogen) atoms. The number of carbonyl (C=O) groups excluding carboxylic acids is 6. The van der Waals surface area contributed by atoms with Crippen LogP contribution in [0.25, 0.3) is 0 Å². The maximum absolute atomic E-state index is 12.1. The standard InChI is InChI=1S/C17H20N2O9/c1-10(15(24)27-18-11(20)4-5-12(18)21)8-26-9-17(2,3)16(25)28-19-13(22)6-7-14(19)23/h2,10H,4-9H2,1,3H3. The van der Waals surface area contributed by atoms with Crippen LogP contribution in [0.5, 0.6) is 0 Å². The first-order valence-electron chi connectivity index (χ1n) is 8.55. The molecule has 0 aromatic carbocycles. The number of rotatable bonds is 8. The summed E-state index contributed by atoms with van der Waals surface area (Å²) in [5, 5.41) is 0.796. The topological polar surface area (TPSA) is 137 Å². The van der Waals surface area contributed by atoms with E-state index in [9.17, 15) is 28.8 Å². The van der Waals surface area contributed by atoms with E-state index in [1.165, 1.54) is 13.8 Å². The summed E-state index contributed by atoms with van der Waals surface area (Å²) >= 11 is 0. The van der Waals surface area contributed by atoms with Gasteiger partial charge < -0.3 is 14.4 Å². The summed E-state index contributed by atoms with van der Waals surface area (Å²) in [6.45, 7) is 7.88. The number of ether oxygens (including phenoxy) is 1. The molecule has 2 aliphatic heterocycles. The molecule has 0 aromatic heterocycles. The molecule has 2 fully saturated rings. The highest BCUT2D eigenvalue weighted by Crippen LogP contribution is 2.22. The van der Waals surface area contributed by atoms with Gasteiger partial charge in [-0.25, -0.2) is 9.59 Å². The lowest BCUT2D eigenvalue weighted by molar-refractivity contribution is -0.205. The van der Waals surface area contributed by atoms with E-state index in [-0.39, 0.29) is 38.9 Å². The molecule has 2 aliphatic rings. The van der Waals surface area contributed by atoms with Crippen LogP contribution in [0.2, 0.25) is 0 Å². The van der Waals surface area contributed by atoms with Crippen LogP contribution in [-0.4, -0.2) is 58.9 Å². The van der Waals surface area contributed by atoms with E-state index in [2.05, 4.69) is 0 Å². The van der Waals surface area contributed by atoms with E-state index in [1.807, 2.05) is 0 Å². The monoisotopic (exact) mass is 396 g/mol. The molecule has 0 saturated carbocycles. The highest BCUT2D eigenvalue weighted by atomic mass is 16.7. The minimum Gasteiger partial charge on any atom is -0.379 e. The van der Waals surface area contributed by atoms with Crippen LogP contribution in [0.15, 0.2) is 0 Å². The summed E-state index contributed by atoms with van der Waals surface area (Å²) in [6, 6.07) is 0. The lowest BCUT2D eigenvalue weighted by atomic mass is 9.95. The van der Waals surface area contributed by atoms with E-state index < -0.39 is 46.9 Å². The Morgan fingerprint density at radius 3 is 1.86 bits per heavy atom. The first-order valence-corrected chi connectivity index (χ1v) is 8.55. The Hall–Kier alpha value is -2.82. The normalized spacial score (nSPS) is 18.7. The van der Waals surface area contributed by atoms with Crippen molar-refractivity contribution in [3.05, 3.63) is 6.92 Å². The fourth-order valence-electron chi connectivity index (χ4n) is 2.26. The molecule has 2 rings (SSSR count). The van der Waals surface area contributed by atoms with Gasteiger partial charge in [0, 0.05) is 25.7 Å². The van der Waals surface area contributed by atoms with Crippen LogP contribution in [0.3, 0.4) is 0 Å². The van der Waals surface area contributed by atoms with Crippen LogP contribution >= 0.6 is 0 Å². The zero-order valence-electron chi connectivity index (χ0n) is 15.5. The van der Waals surface area contributed by atoms with Crippen molar-refractivity contribution in [2.75, 3.05) is 13.2 Å². The molecule has 0 aromatic rings. The predicted octanol–water partition coefficient (Wildman–Crippen LogP) is -0.429. The van der Waals surface area contributed by atoms with Gasteiger partial charge in [-0.2, -0.15) is 0 Å². The zero-order chi connectivity index (χ0) is 21.1. The molecule has 0 aliphatic carbocycles. The van der Waals surface area contributed by atoms with Crippen molar-refractivity contribution in [2.24, 2.45) is 11.3 Å². The lowest BCUT2D eigenvalue weighted by Crippen LogP contribution is -2.40. The van der Waals surface area contributed by atoms with Crippen LogP contribution in [0.1, 0.15) is 39.5 Å². The van der Waals surface area contributed by atoms with Crippen molar-refractivity contribution < 1.29 is 43.2 Å². The SMILES string of the molecule is [CH]C(C)(COCC(C)C(=O)ON1C(=O)CCC1=O)C(=O)ON1C(=O)CCC1=O. The second kappa shape index (κ2) is 8.46. The Morgan fingerprint density at radius 1 is 0.964 bits per heavy atom. The van der Waals surface area contributed by atoms with Gasteiger partial charge in [0.2, 0.25) is 0 Å². The summed E-state index contributed by atoms with van der Waals surface area (Å²) in [4.78, 5) is 79.3. The number of hydroxylamine groups is 4. The highest BCUT2D eigenvalue weighted by molar-refractivity contribution is 6.02. The van der Waals surface area contributed by atoms with Crippen molar-refractivity contribution in [1.29, 1.82) is 0 Å². The van der Waals surface area contributed by atoms with Crippen molar-refractivity contribution in [1.82, 2.24) is 10.1 Å². The summed E-state index contributed by atoms with van der Waals surface area (Å²) in [6.07, 6.45) is -0.142. The van der Waals surface area contributed by atoms with Crippen LogP contribution in [0.4, 0.5) is 0 Å². The molecule has 0 N–H and O–H groups in total. The van der Waals surface area contributed by atoms with Crippen molar-refractivity contribution >= 4 is 35.6 Å². The third kappa shape index (κ3) is 4.91. The van der Waals surface area contributed by atoms with E-state index in [4.69, 9.17) is 21.3 Å². The van der Waals surface area contributed by atoms with Gasteiger partial charge in [-0.1, -0.05) is 0 Å². The van der Waals surface area contributed by atoms with Gasteiger partial charge >= 0.3 is 11.9 Å². The largest absolute Gasteiger partial charge is 0.379 e. The van der Waals surface area contributed by atoms with E-state index in [0.29, 0.717) is 10.1 Å². The molecule has 4 amide bonds. The molecule has 0 spiro atoms. The smallest absolute Gasteiger partial charge is 0.341 e. The number of amides is 4. The van der Waals surface area contributed by atoms with Gasteiger partial charge in [0.1, 0.15) is 0 Å². The van der Waals surface area contributed by atoms with E-state index in [1.54, 1.807) is 0 Å². The Kier molecular flexibility index (Phi) is 6.49. The first kappa shape index (κ1) is 21.5. The van der Waals surface area contributed by atoms with Gasteiger partial charge in [-0.05, 0) is 20.8 Å². The number of carbonyl (C=O) groups is 6. The minimum absolute atomic E-state index is 0.0212. The van der Waals surface area contributed by atoms with Crippen LogP contribution in [0, 0.1) is 18.3 Å². The second-order valence-corrected chi connectivity index (χ2v) is 6.79. The molecule has 2 saturated heterocycles. The fourth-order valence-corrected chi connectivity index (χ4v) is 2.26. The van der Waals surface area contributed by atoms with Gasteiger partial charge in [0.05, 0.1) is 24.5 Å². The van der Waals surface area contributed by atoms with E-state index >= 15 is 0 Å². The molecule has 2 atom stereocenters. The van der Waals surface area contributed by atoms with Crippen molar-refractivity contribution in [3.63, 3.8) is 0 Å². The van der Waals surface area contributed by atoms with Crippen LogP contribution in [-0.2, 0) is 43.2 Å². The Morgan fingerprint density at radius 2 is 1.39 bits per heavy atom. The number of imide groups is 2. The maximum atomic E-state index is 12.1. The van der Waals surface area contributed by atoms with Gasteiger partial charge in [0.25, 0.3) is 23.6 Å². The van der Waals surface area contributed by atoms with Gasteiger partial charge in [-0.15, -0.1) is 10.1 Å². The molecular formula is C17H20N2O9. The van der Waals surface area contributed by atoms with Crippen molar-refractivity contribution in [2.45, 2.75) is 39.5 Å². The molecule has 11 nitrogen and oxygen atoms in total. The third-order valence-corrected chi connectivity index (χ3v) is 4.01. The number of hydrogen-bond acceptors (Lipinski definition) is 9. The molecule has 0 bridgehead atoms. The van der Waals surface area contributed by atoms with Crippen molar-refractivity contribution in [3.8, 4) is 0 Å². The second-order valence-electron chi connectivity index (χ2n) is 6.79. The average Bonchev–Trinajstić information content (AvgIpc) is 3.11. The lowest BCUT2D eigenvalue weighted by Gasteiger charge is -2.24. The highest BCUT2D eigenvalue weighted by Gasteiger charge is 2.39. The van der Waals surface area contributed by atoms with Crippen LogP contribution < -0.4 is 0 Å². The summed E-state index contributed by atoms with van der Waals surface area (Å²) < 4.78 is 5.24. The first-order chi connectivity index (χ1) is 13.0. The maximum Gasteiger partial charge on any atom is 0.341 e.